The minimum absolute atomic E-state index is 0.195. The molecule has 0 aliphatic heterocycles. The minimum atomic E-state index is -0.195. The second-order valence-corrected chi connectivity index (χ2v) is 6.88. The zero-order chi connectivity index (χ0) is 13.9. The monoisotopic (exact) mass is 352 g/mol. The van der Waals surface area contributed by atoms with E-state index in [1.165, 1.54) is 24.6 Å². The standard InChI is InChI=1S/C15H14BrFN2S/c16-11-1-4-15(19-9-11)20-14-6-10(5-12(17)7-14)8-18-13-2-3-13/h1,4-7,9,13,18H,2-3,8H2. The molecule has 5 heteroatoms. The molecule has 1 N–H and O–H groups in total. The van der Waals surface area contributed by atoms with Gasteiger partial charge in [0.15, 0.2) is 0 Å². The van der Waals surface area contributed by atoms with Crippen molar-refractivity contribution in [1.82, 2.24) is 10.3 Å². The molecular weight excluding hydrogens is 339 g/mol. The zero-order valence-electron chi connectivity index (χ0n) is 10.8. The Labute approximate surface area is 130 Å². The number of hydrogen-bond acceptors (Lipinski definition) is 3. The summed E-state index contributed by atoms with van der Waals surface area (Å²) in [7, 11) is 0. The van der Waals surface area contributed by atoms with Gasteiger partial charge in [-0.05, 0) is 64.7 Å². The van der Waals surface area contributed by atoms with Gasteiger partial charge in [-0.2, -0.15) is 0 Å². The predicted octanol–water partition coefficient (Wildman–Crippen LogP) is 4.39. The molecule has 1 aliphatic rings. The van der Waals surface area contributed by atoms with Gasteiger partial charge in [0.1, 0.15) is 10.8 Å². The van der Waals surface area contributed by atoms with Gasteiger partial charge in [0.05, 0.1) is 0 Å². The molecule has 0 saturated heterocycles. The van der Waals surface area contributed by atoms with Crippen molar-refractivity contribution in [1.29, 1.82) is 0 Å². The highest BCUT2D eigenvalue weighted by Gasteiger charge is 2.20. The van der Waals surface area contributed by atoms with Crippen LogP contribution < -0.4 is 5.32 Å². The lowest BCUT2D eigenvalue weighted by Crippen LogP contribution is -2.15. The van der Waals surface area contributed by atoms with E-state index in [9.17, 15) is 4.39 Å². The van der Waals surface area contributed by atoms with Gasteiger partial charge in [-0.25, -0.2) is 9.37 Å². The lowest BCUT2D eigenvalue weighted by Gasteiger charge is -2.07. The number of halogens is 2. The van der Waals surface area contributed by atoms with E-state index in [0.717, 1.165) is 26.5 Å². The largest absolute Gasteiger partial charge is 0.310 e. The van der Waals surface area contributed by atoms with Crippen LogP contribution in [0.2, 0.25) is 0 Å². The molecule has 1 aromatic carbocycles. The molecular formula is C15H14BrFN2S. The molecule has 1 saturated carbocycles. The van der Waals surface area contributed by atoms with Crippen molar-refractivity contribution in [3.8, 4) is 0 Å². The van der Waals surface area contributed by atoms with E-state index in [1.807, 2.05) is 18.2 Å². The SMILES string of the molecule is Fc1cc(CNC2CC2)cc(Sc2ccc(Br)cn2)c1. The smallest absolute Gasteiger partial charge is 0.124 e. The van der Waals surface area contributed by atoms with Crippen molar-refractivity contribution in [2.75, 3.05) is 0 Å². The molecule has 1 aliphatic carbocycles. The molecule has 0 bridgehead atoms. The number of benzene rings is 1. The molecule has 2 nitrogen and oxygen atoms in total. The fraction of sp³-hybridized carbons (Fsp3) is 0.267. The van der Waals surface area contributed by atoms with Gasteiger partial charge >= 0.3 is 0 Å². The Morgan fingerprint density at radius 1 is 1.30 bits per heavy atom. The van der Waals surface area contributed by atoms with Gasteiger partial charge in [0.25, 0.3) is 0 Å². The first-order valence-electron chi connectivity index (χ1n) is 6.51. The Morgan fingerprint density at radius 2 is 2.15 bits per heavy atom. The summed E-state index contributed by atoms with van der Waals surface area (Å²) < 4.78 is 14.6. The van der Waals surface area contributed by atoms with Crippen molar-refractivity contribution in [3.05, 3.63) is 52.4 Å². The number of rotatable bonds is 5. The van der Waals surface area contributed by atoms with Crippen LogP contribution in [0.25, 0.3) is 0 Å². The Morgan fingerprint density at radius 3 is 2.85 bits per heavy atom. The topological polar surface area (TPSA) is 24.9 Å². The van der Waals surface area contributed by atoms with Gasteiger partial charge in [0.2, 0.25) is 0 Å². The van der Waals surface area contributed by atoms with Crippen molar-refractivity contribution in [2.45, 2.75) is 35.3 Å². The van der Waals surface area contributed by atoms with E-state index >= 15 is 0 Å². The van der Waals surface area contributed by atoms with Crippen LogP contribution in [0.5, 0.6) is 0 Å². The summed E-state index contributed by atoms with van der Waals surface area (Å²) in [5.41, 5.74) is 0.983. The summed E-state index contributed by atoms with van der Waals surface area (Å²) >= 11 is 4.83. The quantitative estimate of drug-likeness (QED) is 0.863. The fourth-order valence-electron chi connectivity index (χ4n) is 1.87. The maximum absolute atomic E-state index is 13.7. The van der Waals surface area contributed by atoms with E-state index in [4.69, 9.17) is 0 Å². The lowest BCUT2D eigenvalue weighted by molar-refractivity contribution is 0.615. The first-order chi connectivity index (χ1) is 9.69. The first-order valence-corrected chi connectivity index (χ1v) is 8.12. The maximum atomic E-state index is 13.7. The highest BCUT2D eigenvalue weighted by Crippen LogP contribution is 2.28. The van der Waals surface area contributed by atoms with Crippen molar-refractivity contribution in [2.24, 2.45) is 0 Å². The van der Waals surface area contributed by atoms with Crippen LogP contribution >= 0.6 is 27.7 Å². The van der Waals surface area contributed by atoms with E-state index in [0.29, 0.717) is 6.04 Å². The molecule has 0 spiro atoms. The Balaban J connectivity index is 1.72. The van der Waals surface area contributed by atoms with Crippen molar-refractivity contribution < 1.29 is 4.39 Å². The van der Waals surface area contributed by atoms with Crippen LogP contribution in [-0.4, -0.2) is 11.0 Å². The average Bonchev–Trinajstić information content (AvgIpc) is 3.23. The molecule has 3 rings (SSSR count). The van der Waals surface area contributed by atoms with Crippen molar-refractivity contribution >= 4 is 27.7 Å². The van der Waals surface area contributed by atoms with E-state index in [-0.39, 0.29) is 5.82 Å². The van der Waals surface area contributed by atoms with Gasteiger partial charge in [-0.15, -0.1) is 0 Å². The highest BCUT2D eigenvalue weighted by atomic mass is 79.9. The second-order valence-electron chi connectivity index (χ2n) is 4.87. The molecule has 0 unspecified atom stereocenters. The summed E-state index contributed by atoms with van der Waals surface area (Å²) in [6, 6.07) is 9.64. The molecule has 0 amide bonds. The van der Waals surface area contributed by atoms with Crippen LogP contribution in [0.1, 0.15) is 18.4 Å². The number of nitrogens with zero attached hydrogens (tertiary/aromatic N) is 1. The molecule has 1 heterocycles. The van der Waals surface area contributed by atoms with Crippen molar-refractivity contribution in [3.63, 3.8) is 0 Å². The Bertz CT molecular complexity index is 599. The molecule has 1 aromatic heterocycles. The highest BCUT2D eigenvalue weighted by molar-refractivity contribution is 9.10. The van der Waals surface area contributed by atoms with Crippen LogP contribution in [0.15, 0.2) is 50.9 Å². The molecule has 104 valence electrons. The third-order valence-corrected chi connectivity index (χ3v) is 4.42. The first kappa shape index (κ1) is 14.0. The van der Waals surface area contributed by atoms with Gasteiger partial charge in [-0.1, -0.05) is 11.8 Å². The maximum Gasteiger partial charge on any atom is 0.124 e. The summed E-state index contributed by atoms with van der Waals surface area (Å²) in [5, 5.41) is 4.26. The number of aromatic nitrogens is 1. The molecule has 2 aromatic rings. The summed E-state index contributed by atoms with van der Waals surface area (Å²) in [4.78, 5) is 5.18. The van der Waals surface area contributed by atoms with Crippen LogP contribution in [0.4, 0.5) is 4.39 Å². The van der Waals surface area contributed by atoms with Gasteiger partial charge in [-0.3, -0.25) is 0 Å². The van der Waals surface area contributed by atoms with E-state index < -0.39 is 0 Å². The normalized spacial score (nSPS) is 14.5. The minimum Gasteiger partial charge on any atom is -0.310 e. The number of pyridine rings is 1. The summed E-state index contributed by atoms with van der Waals surface area (Å²) in [5.74, 6) is -0.195. The van der Waals surface area contributed by atoms with E-state index in [2.05, 4.69) is 26.2 Å². The van der Waals surface area contributed by atoms with Crippen LogP contribution in [0.3, 0.4) is 0 Å². The summed E-state index contributed by atoms with van der Waals surface area (Å²) in [6.45, 7) is 0.726. The van der Waals surface area contributed by atoms with E-state index in [1.54, 1.807) is 18.3 Å². The second kappa shape index (κ2) is 6.24. The zero-order valence-corrected chi connectivity index (χ0v) is 13.2. The Hall–Kier alpha value is -0.910. The fourth-order valence-corrected chi connectivity index (χ4v) is 2.97. The predicted molar refractivity (Wildman–Crippen MR) is 82.3 cm³/mol. The summed E-state index contributed by atoms with van der Waals surface area (Å²) in [6.07, 6.45) is 4.22. The third kappa shape index (κ3) is 4.04. The van der Waals surface area contributed by atoms with Gasteiger partial charge in [0, 0.05) is 28.2 Å². The van der Waals surface area contributed by atoms with Gasteiger partial charge < -0.3 is 5.32 Å². The number of hydrogen-bond donors (Lipinski definition) is 1. The molecule has 1 fully saturated rings. The molecule has 0 atom stereocenters. The third-order valence-electron chi connectivity index (χ3n) is 3.03. The number of nitrogens with one attached hydrogen (secondary N) is 1. The lowest BCUT2D eigenvalue weighted by atomic mass is 10.2. The average molecular weight is 353 g/mol. The van der Waals surface area contributed by atoms with Crippen LogP contribution in [-0.2, 0) is 6.54 Å². The molecule has 20 heavy (non-hydrogen) atoms. The van der Waals surface area contributed by atoms with Crippen LogP contribution in [0, 0.1) is 5.82 Å². The molecule has 0 radical (unpaired) electrons. The Kier molecular flexibility index (Phi) is 4.38.